The van der Waals surface area contributed by atoms with Gasteiger partial charge >= 0.3 is 11.7 Å². The SMILES string of the molecule is O=C(O)C1C=CC(Nc2ncc(Cl)cc2[N+](=O)[O-])C1. The van der Waals surface area contributed by atoms with Crippen LogP contribution in [0.3, 0.4) is 0 Å². The van der Waals surface area contributed by atoms with Gasteiger partial charge in [0.15, 0.2) is 0 Å². The van der Waals surface area contributed by atoms with Crippen LogP contribution >= 0.6 is 11.6 Å². The first-order valence-corrected chi connectivity index (χ1v) is 5.83. The topological polar surface area (TPSA) is 105 Å². The molecule has 1 aliphatic rings. The minimum absolute atomic E-state index is 0.0788. The number of rotatable bonds is 4. The highest BCUT2D eigenvalue weighted by molar-refractivity contribution is 6.30. The van der Waals surface area contributed by atoms with E-state index in [0.29, 0.717) is 6.42 Å². The van der Waals surface area contributed by atoms with E-state index in [2.05, 4.69) is 10.3 Å². The van der Waals surface area contributed by atoms with Crippen molar-refractivity contribution in [2.75, 3.05) is 5.32 Å². The summed E-state index contributed by atoms with van der Waals surface area (Å²) in [7, 11) is 0. The maximum Gasteiger partial charge on any atom is 0.312 e. The van der Waals surface area contributed by atoms with Gasteiger partial charge in [0, 0.05) is 18.3 Å². The van der Waals surface area contributed by atoms with Crippen LogP contribution in [0.1, 0.15) is 6.42 Å². The number of pyridine rings is 1. The number of aromatic nitrogens is 1. The summed E-state index contributed by atoms with van der Waals surface area (Å²) in [4.78, 5) is 25.0. The lowest BCUT2D eigenvalue weighted by Gasteiger charge is -2.12. The first-order valence-electron chi connectivity index (χ1n) is 5.45. The van der Waals surface area contributed by atoms with E-state index in [9.17, 15) is 14.9 Å². The minimum Gasteiger partial charge on any atom is -0.481 e. The van der Waals surface area contributed by atoms with Crippen molar-refractivity contribution < 1.29 is 14.8 Å². The Morgan fingerprint density at radius 3 is 2.89 bits per heavy atom. The third-order valence-electron chi connectivity index (χ3n) is 2.75. The molecule has 1 aliphatic carbocycles. The maximum atomic E-state index is 10.9. The Bertz CT molecular complexity index is 561. The molecule has 2 atom stereocenters. The molecule has 1 aromatic rings. The number of carboxylic acid groups (broad SMARTS) is 1. The highest BCUT2D eigenvalue weighted by Gasteiger charge is 2.26. The summed E-state index contributed by atoms with van der Waals surface area (Å²) in [6.45, 7) is 0. The summed E-state index contributed by atoms with van der Waals surface area (Å²) in [6.07, 6.45) is 4.85. The molecule has 0 saturated carbocycles. The molecule has 0 bridgehead atoms. The van der Waals surface area contributed by atoms with Crippen molar-refractivity contribution in [3.05, 3.63) is 39.6 Å². The predicted octanol–water partition coefficient (Wildman–Crippen LogP) is 2.08. The van der Waals surface area contributed by atoms with Crippen molar-refractivity contribution in [2.24, 2.45) is 5.92 Å². The second kappa shape index (κ2) is 5.23. The zero-order valence-electron chi connectivity index (χ0n) is 9.62. The third kappa shape index (κ3) is 3.00. The van der Waals surface area contributed by atoms with Gasteiger partial charge in [-0.05, 0) is 6.42 Å². The van der Waals surface area contributed by atoms with Crippen LogP contribution in [0.2, 0.25) is 5.02 Å². The molecule has 2 rings (SSSR count). The Kier molecular flexibility index (Phi) is 3.66. The number of halogens is 1. The van der Waals surface area contributed by atoms with Crippen LogP contribution in [0.15, 0.2) is 24.4 Å². The normalized spacial score (nSPS) is 21.3. The van der Waals surface area contributed by atoms with E-state index in [-0.39, 0.29) is 22.6 Å². The summed E-state index contributed by atoms with van der Waals surface area (Å²) in [5.41, 5.74) is -0.236. The van der Waals surface area contributed by atoms with Gasteiger partial charge in [-0.2, -0.15) is 0 Å². The molecule has 19 heavy (non-hydrogen) atoms. The number of hydrogen-bond acceptors (Lipinski definition) is 5. The number of nitro groups is 1. The first-order chi connectivity index (χ1) is 8.97. The molecule has 7 nitrogen and oxygen atoms in total. The van der Waals surface area contributed by atoms with Gasteiger partial charge in [0.2, 0.25) is 5.82 Å². The molecular weight excluding hydrogens is 274 g/mol. The molecule has 1 heterocycles. The second-order valence-electron chi connectivity index (χ2n) is 4.09. The predicted molar refractivity (Wildman–Crippen MR) is 68.2 cm³/mol. The van der Waals surface area contributed by atoms with E-state index in [4.69, 9.17) is 16.7 Å². The highest BCUT2D eigenvalue weighted by atomic mass is 35.5. The molecule has 0 aliphatic heterocycles. The first kappa shape index (κ1) is 13.3. The average Bonchev–Trinajstić information content (AvgIpc) is 2.80. The second-order valence-corrected chi connectivity index (χ2v) is 4.53. The number of anilines is 1. The fourth-order valence-corrected chi connectivity index (χ4v) is 2.00. The zero-order valence-corrected chi connectivity index (χ0v) is 10.4. The molecule has 0 aromatic carbocycles. The lowest BCUT2D eigenvalue weighted by Crippen LogP contribution is -2.20. The zero-order chi connectivity index (χ0) is 14.0. The summed E-state index contributed by atoms with van der Waals surface area (Å²) < 4.78 is 0. The highest BCUT2D eigenvalue weighted by Crippen LogP contribution is 2.28. The lowest BCUT2D eigenvalue weighted by molar-refractivity contribution is -0.384. The van der Waals surface area contributed by atoms with Gasteiger partial charge in [0.05, 0.1) is 15.9 Å². The van der Waals surface area contributed by atoms with E-state index in [1.165, 1.54) is 12.3 Å². The molecule has 0 saturated heterocycles. The summed E-state index contributed by atoms with van der Waals surface area (Å²) in [5, 5.41) is 22.7. The summed E-state index contributed by atoms with van der Waals surface area (Å²) >= 11 is 5.66. The van der Waals surface area contributed by atoms with Crippen LogP contribution in [-0.2, 0) is 4.79 Å². The van der Waals surface area contributed by atoms with E-state index < -0.39 is 16.8 Å². The van der Waals surface area contributed by atoms with Gasteiger partial charge in [0.25, 0.3) is 0 Å². The van der Waals surface area contributed by atoms with Crippen LogP contribution < -0.4 is 5.32 Å². The Balaban J connectivity index is 2.15. The monoisotopic (exact) mass is 283 g/mol. The van der Waals surface area contributed by atoms with Crippen molar-refractivity contribution >= 4 is 29.1 Å². The molecule has 2 unspecified atom stereocenters. The molecule has 0 amide bonds. The molecule has 1 aromatic heterocycles. The van der Waals surface area contributed by atoms with Crippen LogP contribution in [0.4, 0.5) is 11.5 Å². The number of carbonyl (C=O) groups is 1. The van der Waals surface area contributed by atoms with Crippen molar-refractivity contribution in [3.63, 3.8) is 0 Å². The number of carboxylic acids is 1. The van der Waals surface area contributed by atoms with Crippen LogP contribution in [0.25, 0.3) is 0 Å². The fourth-order valence-electron chi connectivity index (χ4n) is 1.84. The largest absolute Gasteiger partial charge is 0.481 e. The molecular formula is C11H10ClN3O4. The molecule has 100 valence electrons. The van der Waals surface area contributed by atoms with Gasteiger partial charge in [-0.25, -0.2) is 4.98 Å². The van der Waals surface area contributed by atoms with E-state index in [1.54, 1.807) is 12.2 Å². The van der Waals surface area contributed by atoms with E-state index in [1.807, 2.05) is 0 Å². The summed E-state index contributed by atoms with van der Waals surface area (Å²) in [6, 6.07) is 0.901. The van der Waals surface area contributed by atoms with Crippen LogP contribution in [-0.4, -0.2) is 27.0 Å². The van der Waals surface area contributed by atoms with Crippen molar-refractivity contribution in [2.45, 2.75) is 12.5 Å². The molecule has 0 spiro atoms. The van der Waals surface area contributed by atoms with Gasteiger partial charge in [0.1, 0.15) is 0 Å². The van der Waals surface area contributed by atoms with Gasteiger partial charge < -0.3 is 10.4 Å². The van der Waals surface area contributed by atoms with Gasteiger partial charge in [-0.1, -0.05) is 23.8 Å². The maximum absolute atomic E-state index is 10.9. The Morgan fingerprint density at radius 1 is 1.58 bits per heavy atom. The standard InChI is InChI=1S/C11H10ClN3O4/c12-7-4-9(15(18)19)10(13-5-7)14-8-2-1-6(3-8)11(16)17/h1-2,4-6,8H,3H2,(H,13,14)(H,16,17). The molecule has 0 radical (unpaired) electrons. The van der Waals surface area contributed by atoms with Gasteiger partial charge in [-0.15, -0.1) is 0 Å². The number of aliphatic carboxylic acids is 1. The quantitative estimate of drug-likeness (QED) is 0.498. The Labute approximate surface area is 113 Å². The van der Waals surface area contributed by atoms with Crippen molar-refractivity contribution in [1.29, 1.82) is 0 Å². The van der Waals surface area contributed by atoms with Crippen LogP contribution in [0.5, 0.6) is 0 Å². The molecule has 2 N–H and O–H groups in total. The number of nitrogens with one attached hydrogen (secondary N) is 1. The van der Waals surface area contributed by atoms with E-state index in [0.717, 1.165) is 0 Å². The fraction of sp³-hybridized carbons (Fsp3) is 0.273. The minimum atomic E-state index is -0.917. The molecule has 8 heteroatoms. The lowest BCUT2D eigenvalue weighted by atomic mass is 10.1. The number of nitrogens with zero attached hydrogens (tertiary/aromatic N) is 2. The Hall–Kier alpha value is -2.15. The van der Waals surface area contributed by atoms with Crippen LogP contribution in [0, 0.1) is 16.0 Å². The molecule has 0 fully saturated rings. The van der Waals surface area contributed by atoms with Crippen molar-refractivity contribution in [1.82, 2.24) is 4.98 Å². The summed E-state index contributed by atoms with van der Waals surface area (Å²) in [5.74, 6) is -1.42. The Morgan fingerprint density at radius 2 is 2.32 bits per heavy atom. The number of hydrogen-bond donors (Lipinski definition) is 2. The van der Waals surface area contributed by atoms with Crippen molar-refractivity contribution in [3.8, 4) is 0 Å². The van der Waals surface area contributed by atoms with Gasteiger partial charge in [-0.3, -0.25) is 14.9 Å². The average molecular weight is 284 g/mol. The third-order valence-corrected chi connectivity index (χ3v) is 2.96. The van der Waals surface area contributed by atoms with E-state index >= 15 is 0 Å². The smallest absolute Gasteiger partial charge is 0.312 e.